The Kier molecular flexibility index (Phi) is 4.69. The van der Waals surface area contributed by atoms with Gasteiger partial charge in [-0.15, -0.1) is 0 Å². The van der Waals surface area contributed by atoms with E-state index >= 15 is 0 Å². The minimum atomic E-state index is -4.49. The van der Waals surface area contributed by atoms with Crippen LogP contribution in [-0.2, 0) is 6.18 Å². The van der Waals surface area contributed by atoms with Crippen molar-refractivity contribution in [1.29, 1.82) is 5.26 Å². The molecule has 0 fully saturated rings. The second-order valence-electron chi connectivity index (χ2n) is 6.44. The molecule has 2 nitrogen and oxygen atoms in total. The van der Waals surface area contributed by atoms with E-state index in [0.29, 0.717) is 11.3 Å². The number of fused-ring (bicyclic) bond motifs is 1. The molecule has 0 saturated heterocycles. The number of allylic oxidation sites excluding steroid dienone is 1. The Morgan fingerprint density at radius 1 is 0.862 bits per heavy atom. The van der Waals surface area contributed by atoms with Gasteiger partial charge in [0.25, 0.3) is 0 Å². The van der Waals surface area contributed by atoms with E-state index in [0.717, 1.165) is 22.4 Å². The Morgan fingerprint density at radius 2 is 1.59 bits per heavy atom. The summed E-state index contributed by atoms with van der Waals surface area (Å²) in [6.07, 6.45) is -2.94. The van der Waals surface area contributed by atoms with Crippen molar-refractivity contribution in [3.05, 3.63) is 95.7 Å². The highest BCUT2D eigenvalue weighted by atomic mass is 19.4. The van der Waals surface area contributed by atoms with Crippen LogP contribution in [0, 0.1) is 11.3 Å². The zero-order valence-corrected chi connectivity index (χ0v) is 15.1. The number of hydrogen-bond acceptors (Lipinski definition) is 2. The molecule has 29 heavy (non-hydrogen) atoms. The van der Waals surface area contributed by atoms with Crippen molar-refractivity contribution in [2.45, 2.75) is 6.18 Å². The maximum absolute atomic E-state index is 13.3. The predicted octanol–water partition coefficient (Wildman–Crippen LogP) is 7.18. The largest absolute Gasteiger partial charge is 0.457 e. The van der Waals surface area contributed by atoms with Gasteiger partial charge in [-0.3, -0.25) is 0 Å². The fourth-order valence-corrected chi connectivity index (χ4v) is 3.29. The number of furan rings is 1. The average Bonchev–Trinajstić information content (AvgIpc) is 3.19. The fraction of sp³-hybridized carbons (Fsp3) is 0.0417. The molecule has 1 heterocycles. The van der Waals surface area contributed by atoms with Gasteiger partial charge in [0.1, 0.15) is 11.5 Å². The first-order valence-corrected chi connectivity index (χ1v) is 8.84. The molecule has 0 bridgehead atoms. The Balaban J connectivity index is 1.77. The van der Waals surface area contributed by atoms with Gasteiger partial charge in [0.15, 0.2) is 0 Å². The quantitative estimate of drug-likeness (QED) is 0.348. The Hall–Kier alpha value is -3.78. The van der Waals surface area contributed by atoms with Crippen LogP contribution in [0.4, 0.5) is 13.2 Å². The first-order chi connectivity index (χ1) is 14.0. The van der Waals surface area contributed by atoms with Gasteiger partial charge in [0.05, 0.1) is 17.2 Å². The summed E-state index contributed by atoms with van der Waals surface area (Å²) in [5, 5.41) is 11.6. The first-order valence-electron chi connectivity index (χ1n) is 8.84. The zero-order valence-electron chi connectivity index (χ0n) is 15.1. The lowest BCUT2D eigenvalue weighted by Crippen LogP contribution is -2.06. The molecule has 0 unspecified atom stereocenters. The molecule has 4 rings (SSSR count). The van der Waals surface area contributed by atoms with Gasteiger partial charge >= 0.3 is 6.18 Å². The third-order valence-corrected chi connectivity index (χ3v) is 4.61. The maximum Gasteiger partial charge on any atom is 0.417 e. The van der Waals surface area contributed by atoms with E-state index in [2.05, 4.69) is 6.07 Å². The average molecular weight is 389 g/mol. The van der Waals surface area contributed by atoms with Gasteiger partial charge in [-0.2, -0.15) is 18.4 Å². The molecule has 0 N–H and O–H groups in total. The van der Waals surface area contributed by atoms with Crippen molar-refractivity contribution in [3.8, 4) is 17.4 Å². The molecule has 0 saturated carbocycles. The van der Waals surface area contributed by atoms with Crippen LogP contribution in [0.15, 0.2) is 83.3 Å². The summed E-state index contributed by atoms with van der Waals surface area (Å²) in [6, 6.07) is 23.8. The molecule has 0 radical (unpaired) electrons. The van der Waals surface area contributed by atoms with E-state index in [-0.39, 0.29) is 11.3 Å². The van der Waals surface area contributed by atoms with Crippen molar-refractivity contribution in [1.82, 2.24) is 0 Å². The summed E-state index contributed by atoms with van der Waals surface area (Å²) in [5.41, 5.74) is 0.300. The maximum atomic E-state index is 13.3. The lowest BCUT2D eigenvalue weighted by atomic mass is 9.98. The molecule has 3 aromatic carbocycles. The summed E-state index contributed by atoms with van der Waals surface area (Å²) in [6.45, 7) is 0. The molecule has 0 aliphatic carbocycles. The van der Waals surface area contributed by atoms with Crippen LogP contribution < -0.4 is 0 Å². The Morgan fingerprint density at radius 3 is 2.38 bits per heavy atom. The summed E-state index contributed by atoms with van der Waals surface area (Å²) in [7, 11) is 0. The zero-order chi connectivity index (χ0) is 20.4. The van der Waals surface area contributed by atoms with E-state index in [4.69, 9.17) is 4.42 Å². The van der Waals surface area contributed by atoms with Gasteiger partial charge in [0.2, 0.25) is 0 Å². The molecule has 5 heteroatoms. The number of halogens is 3. The van der Waals surface area contributed by atoms with E-state index in [9.17, 15) is 18.4 Å². The smallest absolute Gasteiger partial charge is 0.417 e. The summed E-state index contributed by atoms with van der Waals surface area (Å²) >= 11 is 0. The van der Waals surface area contributed by atoms with E-state index in [1.807, 2.05) is 42.5 Å². The van der Waals surface area contributed by atoms with E-state index < -0.39 is 11.7 Å². The molecule has 0 amide bonds. The summed E-state index contributed by atoms with van der Waals surface area (Å²) < 4.78 is 45.5. The highest BCUT2D eigenvalue weighted by molar-refractivity contribution is 6.01. The number of benzene rings is 3. The van der Waals surface area contributed by atoms with Gasteiger partial charge < -0.3 is 4.42 Å². The normalized spacial score (nSPS) is 12.1. The van der Waals surface area contributed by atoms with Crippen molar-refractivity contribution < 1.29 is 17.6 Å². The summed E-state index contributed by atoms with van der Waals surface area (Å²) in [4.78, 5) is 0. The van der Waals surface area contributed by atoms with E-state index in [1.54, 1.807) is 12.1 Å². The number of hydrogen-bond donors (Lipinski definition) is 0. The van der Waals surface area contributed by atoms with Crippen LogP contribution in [0.1, 0.15) is 16.9 Å². The third-order valence-electron chi connectivity index (χ3n) is 4.61. The minimum Gasteiger partial charge on any atom is -0.457 e. The minimum absolute atomic E-state index is 0.0386. The van der Waals surface area contributed by atoms with Crippen LogP contribution in [0.25, 0.3) is 33.7 Å². The van der Waals surface area contributed by atoms with Crippen LogP contribution in [-0.4, -0.2) is 0 Å². The van der Waals surface area contributed by atoms with Crippen LogP contribution in [0.5, 0.6) is 0 Å². The SMILES string of the molecule is N#C/C(=C/c1ccc(-c2ccccc2C(F)(F)F)o1)c1cccc2ccccc12. The predicted molar refractivity (Wildman–Crippen MR) is 107 cm³/mol. The van der Waals surface area contributed by atoms with E-state index in [1.165, 1.54) is 24.3 Å². The lowest BCUT2D eigenvalue weighted by molar-refractivity contribution is -0.137. The van der Waals surface area contributed by atoms with Gasteiger partial charge in [0, 0.05) is 11.1 Å². The molecule has 4 aromatic rings. The second kappa shape index (κ2) is 7.33. The van der Waals surface area contributed by atoms with Crippen molar-refractivity contribution >= 4 is 22.4 Å². The number of nitrogens with zero attached hydrogens (tertiary/aromatic N) is 1. The molecule has 0 aliphatic rings. The number of alkyl halides is 3. The Labute approximate surface area is 165 Å². The monoisotopic (exact) mass is 389 g/mol. The molecule has 0 atom stereocenters. The van der Waals surface area contributed by atoms with Crippen molar-refractivity contribution in [3.63, 3.8) is 0 Å². The second-order valence-corrected chi connectivity index (χ2v) is 6.44. The van der Waals surface area contributed by atoms with Crippen LogP contribution in [0.3, 0.4) is 0 Å². The molecule has 142 valence electrons. The molecule has 1 aromatic heterocycles. The standard InChI is InChI=1S/C24H14F3NO/c25-24(26,27)22-11-4-3-9-21(22)23-13-12-18(29-23)14-17(15-28)20-10-5-7-16-6-1-2-8-19(16)20/h1-14H/b17-14-. The van der Waals surface area contributed by atoms with Gasteiger partial charge in [-0.1, -0.05) is 60.7 Å². The number of rotatable bonds is 3. The number of nitriles is 1. The third kappa shape index (κ3) is 3.65. The van der Waals surface area contributed by atoms with Gasteiger partial charge in [-0.25, -0.2) is 0 Å². The molecule has 0 aliphatic heterocycles. The Bertz CT molecular complexity index is 1250. The van der Waals surface area contributed by atoms with Crippen LogP contribution in [0.2, 0.25) is 0 Å². The van der Waals surface area contributed by atoms with Crippen molar-refractivity contribution in [2.24, 2.45) is 0 Å². The topological polar surface area (TPSA) is 36.9 Å². The highest BCUT2D eigenvalue weighted by Crippen LogP contribution is 2.38. The lowest BCUT2D eigenvalue weighted by Gasteiger charge is -2.10. The van der Waals surface area contributed by atoms with Crippen molar-refractivity contribution in [2.75, 3.05) is 0 Å². The van der Waals surface area contributed by atoms with Gasteiger partial charge in [-0.05, 0) is 35.0 Å². The fourth-order valence-electron chi connectivity index (χ4n) is 3.29. The summed E-state index contributed by atoms with van der Waals surface area (Å²) in [5.74, 6) is 0.404. The van der Waals surface area contributed by atoms with Crippen LogP contribution >= 0.6 is 0 Å². The molecular formula is C24H14F3NO. The first kappa shape index (κ1) is 18.6. The molecule has 0 spiro atoms. The highest BCUT2D eigenvalue weighted by Gasteiger charge is 2.34. The molecular weight excluding hydrogens is 375 g/mol.